The van der Waals surface area contributed by atoms with Crippen molar-refractivity contribution in [3.8, 4) is 0 Å². The Morgan fingerprint density at radius 2 is 2.00 bits per heavy atom. The fourth-order valence-corrected chi connectivity index (χ4v) is 3.69. The molecule has 1 N–H and O–H groups in total. The second-order valence-electron chi connectivity index (χ2n) is 6.20. The lowest BCUT2D eigenvalue weighted by atomic mass is 9.89. The van der Waals surface area contributed by atoms with Gasteiger partial charge in [-0.1, -0.05) is 12.8 Å². The van der Waals surface area contributed by atoms with Crippen LogP contribution in [0.2, 0.25) is 0 Å². The largest absolute Gasteiger partial charge is 0.375 e. The molecule has 116 valence electrons. The average Bonchev–Trinajstić information content (AvgIpc) is 2.88. The second kappa shape index (κ2) is 7.41. The lowest BCUT2D eigenvalue weighted by Crippen LogP contribution is -2.46. The molecule has 1 amide bonds. The summed E-state index contributed by atoms with van der Waals surface area (Å²) in [5, 5.41) is 3.58. The van der Waals surface area contributed by atoms with E-state index in [1.165, 1.54) is 25.7 Å². The first-order valence-corrected chi connectivity index (χ1v) is 8.34. The zero-order valence-corrected chi connectivity index (χ0v) is 13.1. The van der Waals surface area contributed by atoms with E-state index < -0.39 is 0 Å². The van der Waals surface area contributed by atoms with Crippen molar-refractivity contribution in [2.75, 3.05) is 26.2 Å². The third kappa shape index (κ3) is 3.95. The molecule has 0 aromatic heterocycles. The summed E-state index contributed by atoms with van der Waals surface area (Å²) in [6, 6.07) is 0.534. The molecule has 1 spiro atoms. The van der Waals surface area contributed by atoms with Crippen LogP contribution in [-0.2, 0) is 9.53 Å². The fourth-order valence-electron chi connectivity index (χ4n) is 3.69. The van der Waals surface area contributed by atoms with Gasteiger partial charge in [-0.25, -0.2) is 0 Å². The monoisotopic (exact) mass is 282 g/mol. The minimum absolute atomic E-state index is 0.165. The van der Waals surface area contributed by atoms with E-state index in [9.17, 15) is 4.79 Å². The Morgan fingerprint density at radius 3 is 2.65 bits per heavy atom. The maximum atomic E-state index is 12.0. The molecule has 4 heteroatoms. The lowest BCUT2D eigenvalue weighted by Gasteiger charge is -2.38. The average molecular weight is 282 g/mol. The lowest BCUT2D eigenvalue weighted by molar-refractivity contribution is -0.130. The number of amides is 1. The van der Waals surface area contributed by atoms with E-state index in [1.54, 1.807) is 0 Å². The molecule has 1 aliphatic carbocycles. The normalized spacial score (nSPS) is 25.0. The Bertz CT molecular complexity index is 310. The van der Waals surface area contributed by atoms with Crippen molar-refractivity contribution in [3.05, 3.63) is 0 Å². The maximum Gasteiger partial charge on any atom is 0.223 e. The third-order valence-electron chi connectivity index (χ3n) is 4.90. The van der Waals surface area contributed by atoms with Crippen LogP contribution in [0.4, 0.5) is 0 Å². The Kier molecular flexibility index (Phi) is 5.85. The Hall–Kier alpha value is -0.610. The van der Waals surface area contributed by atoms with Crippen molar-refractivity contribution in [1.29, 1.82) is 0 Å². The van der Waals surface area contributed by atoms with Crippen molar-refractivity contribution in [1.82, 2.24) is 10.2 Å². The number of hydrogen-bond acceptors (Lipinski definition) is 3. The SMILES string of the molecule is CCN(CC)C(=O)CCNC1CCOC2(CCCC2)C1. The van der Waals surface area contributed by atoms with Gasteiger partial charge >= 0.3 is 0 Å². The standard InChI is InChI=1S/C16H30N2O2/c1-3-18(4-2)15(19)7-11-17-14-8-12-20-16(13-14)9-5-6-10-16/h14,17H,3-13H2,1-2H3. The number of hydrogen-bond donors (Lipinski definition) is 1. The van der Waals surface area contributed by atoms with Crippen molar-refractivity contribution >= 4 is 5.91 Å². The molecule has 20 heavy (non-hydrogen) atoms. The van der Waals surface area contributed by atoms with Crippen molar-refractivity contribution in [2.24, 2.45) is 0 Å². The zero-order valence-electron chi connectivity index (χ0n) is 13.1. The van der Waals surface area contributed by atoms with E-state index in [1.807, 2.05) is 18.7 Å². The number of ether oxygens (including phenoxy) is 1. The van der Waals surface area contributed by atoms with Gasteiger partial charge in [0.1, 0.15) is 0 Å². The first-order valence-electron chi connectivity index (χ1n) is 8.34. The molecular weight excluding hydrogens is 252 g/mol. The van der Waals surface area contributed by atoms with Crippen LogP contribution in [0.25, 0.3) is 0 Å². The molecule has 4 nitrogen and oxygen atoms in total. The zero-order chi connectivity index (χ0) is 14.4. The summed E-state index contributed by atoms with van der Waals surface area (Å²) >= 11 is 0. The summed E-state index contributed by atoms with van der Waals surface area (Å²) < 4.78 is 6.04. The van der Waals surface area contributed by atoms with Crippen LogP contribution in [0, 0.1) is 0 Å². The van der Waals surface area contributed by atoms with Crippen LogP contribution in [0.3, 0.4) is 0 Å². The summed E-state index contributed by atoms with van der Waals surface area (Å²) in [6.07, 6.45) is 7.91. The Balaban J connectivity index is 1.70. The van der Waals surface area contributed by atoms with Gasteiger partial charge in [-0.05, 0) is 39.5 Å². The van der Waals surface area contributed by atoms with Crippen LogP contribution in [0.15, 0.2) is 0 Å². The highest BCUT2D eigenvalue weighted by Crippen LogP contribution is 2.39. The van der Waals surface area contributed by atoms with Gasteiger partial charge in [-0.15, -0.1) is 0 Å². The minimum atomic E-state index is 0.165. The summed E-state index contributed by atoms with van der Waals surface area (Å²) in [5.74, 6) is 0.269. The van der Waals surface area contributed by atoms with Crippen LogP contribution >= 0.6 is 0 Å². The molecule has 0 aromatic rings. The van der Waals surface area contributed by atoms with Gasteiger partial charge in [0, 0.05) is 38.7 Å². The first-order chi connectivity index (χ1) is 9.69. The van der Waals surface area contributed by atoms with E-state index >= 15 is 0 Å². The predicted molar refractivity (Wildman–Crippen MR) is 80.7 cm³/mol. The number of nitrogens with zero attached hydrogens (tertiary/aromatic N) is 1. The molecule has 0 radical (unpaired) electrons. The van der Waals surface area contributed by atoms with Crippen LogP contribution < -0.4 is 5.32 Å². The molecule has 1 aliphatic heterocycles. The summed E-state index contributed by atoms with van der Waals surface area (Å²) in [5.41, 5.74) is 0.165. The highest BCUT2D eigenvalue weighted by Gasteiger charge is 2.39. The molecule has 1 saturated heterocycles. The van der Waals surface area contributed by atoms with Crippen LogP contribution in [0.5, 0.6) is 0 Å². The number of rotatable bonds is 6. The molecule has 1 atom stereocenters. The molecule has 1 heterocycles. The summed E-state index contributed by atoms with van der Waals surface area (Å²) in [4.78, 5) is 13.9. The van der Waals surface area contributed by atoms with Gasteiger partial charge in [0.2, 0.25) is 5.91 Å². The van der Waals surface area contributed by atoms with Gasteiger partial charge in [0.15, 0.2) is 0 Å². The number of carbonyl (C=O) groups excluding carboxylic acids is 1. The summed E-state index contributed by atoms with van der Waals surface area (Å²) in [7, 11) is 0. The van der Waals surface area contributed by atoms with E-state index in [-0.39, 0.29) is 11.5 Å². The smallest absolute Gasteiger partial charge is 0.223 e. The molecule has 1 unspecified atom stereocenters. The highest BCUT2D eigenvalue weighted by atomic mass is 16.5. The van der Waals surface area contributed by atoms with E-state index in [0.717, 1.165) is 39.1 Å². The fraction of sp³-hybridized carbons (Fsp3) is 0.938. The number of carbonyl (C=O) groups is 1. The van der Waals surface area contributed by atoms with Crippen molar-refractivity contribution in [2.45, 2.75) is 70.4 Å². The quantitative estimate of drug-likeness (QED) is 0.813. The first kappa shape index (κ1) is 15.8. The predicted octanol–water partition coefficient (Wildman–Crippen LogP) is 2.33. The second-order valence-corrected chi connectivity index (χ2v) is 6.20. The van der Waals surface area contributed by atoms with Crippen molar-refractivity contribution in [3.63, 3.8) is 0 Å². The maximum absolute atomic E-state index is 12.0. The van der Waals surface area contributed by atoms with E-state index in [2.05, 4.69) is 5.32 Å². The summed E-state index contributed by atoms with van der Waals surface area (Å²) in [6.45, 7) is 7.39. The van der Waals surface area contributed by atoms with E-state index in [4.69, 9.17) is 4.74 Å². The molecule has 1 saturated carbocycles. The highest BCUT2D eigenvalue weighted by molar-refractivity contribution is 5.76. The van der Waals surface area contributed by atoms with Crippen molar-refractivity contribution < 1.29 is 9.53 Å². The van der Waals surface area contributed by atoms with Gasteiger partial charge in [0.05, 0.1) is 5.60 Å². The topological polar surface area (TPSA) is 41.6 Å². The Morgan fingerprint density at radius 1 is 1.30 bits per heavy atom. The molecule has 2 aliphatic rings. The van der Waals surface area contributed by atoms with Gasteiger partial charge in [-0.3, -0.25) is 4.79 Å². The van der Waals surface area contributed by atoms with E-state index in [0.29, 0.717) is 12.5 Å². The molecule has 2 fully saturated rings. The molecule has 0 bridgehead atoms. The van der Waals surface area contributed by atoms with Gasteiger partial charge in [0.25, 0.3) is 0 Å². The molecule has 0 aromatic carbocycles. The third-order valence-corrected chi connectivity index (χ3v) is 4.90. The molecular formula is C16H30N2O2. The Labute approximate surface area is 123 Å². The van der Waals surface area contributed by atoms with Crippen LogP contribution in [-0.4, -0.2) is 48.7 Å². The molecule has 2 rings (SSSR count). The van der Waals surface area contributed by atoms with Crippen LogP contribution in [0.1, 0.15) is 58.8 Å². The minimum Gasteiger partial charge on any atom is -0.375 e. The van der Waals surface area contributed by atoms with Gasteiger partial charge < -0.3 is 15.0 Å². The van der Waals surface area contributed by atoms with Gasteiger partial charge in [-0.2, -0.15) is 0 Å². The number of nitrogens with one attached hydrogen (secondary N) is 1.